The molecule has 53 heavy (non-hydrogen) atoms. The summed E-state index contributed by atoms with van der Waals surface area (Å²) in [4.78, 5) is 59.7. The SMILES string of the molecule is CC(C)(C)OC(=O)N1C[C@@H]2C[C@H]1CN2C(=O)/C=C/c1ccc(Sc2ccc(/C=C/C(=O)N3C[C@@H]4C[C@H]3CN4C(=O)OC(C)(C)C)c(Cl)c2Cl)c(Cl)c1Cl. The molecule has 4 amide bonds. The van der Waals surface area contributed by atoms with Crippen LogP contribution in [0.5, 0.6) is 0 Å². The van der Waals surface area contributed by atoms with E-state index in [0.717, 1.165) is 12.8 Å². The monoisotopic (exact) mass is 822 g/mol. The molecule has 2 aromatic carbocycles. The lowest BCUT2D eigenvalue weighted by Crippen LogP contribution is -2.51. The summed E-state index contributed by atoms with van der Waals surface area (Å²) in [6, 6.07) is 6.86. The topological polar surface area (TPSA) is 99.7 Å². The van der Waals surface area contributed by atoms with E-state index < -0.39 is 11.2 Å². The molecule has 4 bridgehead atoms. The molecule has 284 valence electrons. The Bertz CT molecular complexity index is 1760. The van der Waals surface area contributed by atoms with Crippen molar-refractivity contribution in [1.82, 2.24) is 19.6 Å². The average molecular weight is 825 g/mol. The molecule has 10 nitrogen and oxygen atoms in total. The van der Waals surface area contributed by atoms with Gasteiger partial charge < -0.3 is 29.1 Å². The molecule has 15 heteroatoms. The maximum Gasteiger partial charge on any atom is 0.410 e. The van der Waals surface area contributed by atoms with Gasteiger partial charge in [-0.05, 0) is 89.8 Å². The minimum Gasteiger partial charge on any atom is -0.444 e. The molecule has 4 aliphatic heterocycles. The quantitative estimate of drug-likeness (QED) is 0.269. The zero-order chi connectivity index (χ0) is 38.6. The molecule has 0 aromatic heterocycles. The van der Waals surface area contributed by atoms with Gasteiger partial charge in [0, 0.05) is 48.1 Å². The van der Waals surface area contributed by atoms with Crippen molar-refractivity contribution >= 4 is 94.3 Å². The first kappa shape index (κ1) is 39.6. The number of halogens is 4. The molecule has 0 unspecified atom stereocenters. The number of ether oxygens (including phenoxy) is 2. The molecule has 4 aliphatic rings. The van der Waals surface area contributed by atoms with Gasteiger partial charge in [-0.15, -0.1) is 0 Å². The van der Waals surface area contributed by atoms with Gasteiger partial charge in [0.25, 0.3) is 0 Å². The van der Waals surface area contributed by atoms with E-state index in [4.69, 9.17) is 55.9 Å². The van der Waals surface area contributed by atoms with Gasteiger partial charge in [-0.25, -0.2) is 9.59 Å². The third-order valence-corrected chi connectivity index (χ3v) is 12.6. The lowest BCUT2D eigenvalue weighted by atomic mass is 10.2. The Kier molecular flexibility index (Phi) is 11.4. The number of amides is 4. The summed E-state index contributed by atoms with van der Waals surface area (Å²) in [5, 5.41) is 1.16. The van der Waals surface area contributed by atoms with Crippen LogP contribution in [0.25, 0.3) is 12.2 Å². The van der Waals surface area contributed by atoms with E-state index in [-0.39, 0.29) is 58.2 Å². The Hall–Kier alpha value is -3.09. The zero-order valence-electron chi connectivity index (χ0n) is 30.3. The van der Waals surface area contributed by atoms with Crippen LogP contribution in [0.4, 0.5) is 9.59 Å². The van der Waals surface area contributed by atoms with Gasteiger partial charge in [-0.1, -0.05) is 70.3 Å². The van der Waals surface area contributed by atoms with Gasteiger partial charge in [0.15, 0.2) is 0 Å². The highest BCUT2D eigenvalue weighted by atomic mass is 35.5. The molecule has 6 rings (SSSR count). The lowest BCUT2D eigenvalue weighted by Gasteiger charge is -2.34. The van der Waals surface area contributed by atoms with Crippen LogP contribution in [-0.2, 0) is 19.1 Å². The second-order valence-corrected chi connectivity index (χ2v) is 18.3. The normalized spacial score (nSPS) is 22.5. The molecule has 0 radical (unpaired) electrons. The molecule has 0 saturated carbocycles. The highest BCUT2D eigenvalue weighted by molar-refractivity contribution is 7.99. The average Bonchev–Trinajstić information content (AvgIpc) is 3.88. The fraction of sp³-hybridized carbons (Fsp3) is 0.474. The lowest BCUT2D eigenvalue weighted by molar-refractivity contribution is -0.128. The van der Waals surface area contributed by atoms with Gasteiger partial charge in [0.1, 0.15) is 11.2 Å². The zero-order valence-corrected chi connectivity index (χ0v) is 34.2. The van der Waals surface area contributed by atoms with E-state index >= 15 is 0 Å². The summed E-state index contributed by atoms with van der Waals surface area (Å²) in [5.74, 6) is -0.330. The van der Waals surface area contributed by atoms with Crippen molar-refractivity contribution in [3.63, 3.8) is 0 Å². The van der Waals surface area contributed by atoms with E-state index in [1.54, 1.807) is 56.0 Å². The molecule has 0 aliphatic carbocycles. The second kappa shape index (κ2) is 15.2. The van der Waals surface area contributed by atoms with Crippen molar-refractivity contribution in [2.75, 3.05) is 26.2 Å². The van der Waals surface area contributed by atoms with E-state index in [9.17, 15) is 19.2 Å². The number of piperazine rings is 2. The first-order chi connectivity index (χ1) is 24.8. The van der Waals surface area contributed by atoms with Crippen LogP contribution in [0, 0.1) is 0 Å². The summed E-state index contributed by atoms with van der Waals surface area (Å²) in [6.07, 6.45) is 6.96. The van der Waals surface area contributed by atoms with Gasteiger partial charge in [0.05, 0.1) is 44.3 Å². The Morgan fingerprint density at radius 2 is 0.925 bits per heavy atom. The third kappa shape index (κ3) is 8.75. The van der Waals surface area contributed by atoms with E-state index in [2.05, 4.69) is 0 Å². The maximum atomic E-state index is 13.1. The molecule has 4 saturated heterocycles. The standard InChI is InChI=1S/C38H42Cl4N4O6S/c1-37(2,3)51-35(49)45-19-23-15-25(45)17-43(23)29(47)13-9-21-7-11-27(33(41)31(21)39)53-28-12-8-22(32(40)34(28)42)10-14-30(48)44-18-26-16-24(44)20-46(26)36(50)52-38(4,5)6/h7-14,23-26H,15-20H2,1-6H3/b13-9+,14-10+/t23-,24-,25-,26-/m0/s1. The minimum absolute atomic E-state index is 0.0691. The van der Waals surface area contributed by atoms with Crippen LogP contribution in [0.2, 0.25) is 20.1 Å². The summed E-state index contributed by atoms with van der Waals surface area (Å²) >= 11 is 28.0. The van der Waals surface area contributed by atoms with Crippen molar-refractivity contribution in [2.24, 2.45) is 0 Å². The predicted octanol–water partition coefficient (Wildman–Crippen LogP) is 8.92. The van der Waals surface area contributed by atoms with Crippen molar-refractivity contribution < 1.29 is 28.7 Å². The largest absolute Gasteiger partial charge is 0.444 e. The first-order valence-electron chi connectivity index (χ1n) is 17.4. The molecule has 4 heterocycles. The van der Waals surface area contributed by atoms with E-state index in [1.165, 1.54) is 23.9 Å². The number of nitrogens with zero attached hydrogens (tertiary/aromatic N) is 4. The molecule has 4 atom stereocenters. The summed E-state index contributed by atoms with van der Waals surface area (Å²) in [7, 11) is 0. The number of benzene rings is 2. The molecular weight excluding hydrogens is 782 g/mol. The van der Waals surface area contributed by atoms with Crippen LogP contribution in [0.3, 0.4) is 0 Å². The second-order valence-electron chi connectivity index (χ2n) is 15.7. The fourth-order valence-corrected chi connectivity index (χ4v) is 9.14. The number of carbonyl (C=O) groups excluding carboxylic acids is 4. The van der Waals surface area contributed by atoms with Crippen LogP contribution >= 0.6 is 58.2 Å². The highest BCUT2D eigenvalue weighted by Crippen LogP contribution is 2.44. The molecule has 4 fully saturated rings. The van der Waals surface area contributed by atoms with Gasteiger partial charge in [-0.2, -0.15) is 0 Å². The van der Waals surface area contributed by atoms with Crippen molar-refractivity contribution in [1.29, 1.82) is 0 Å². The third-order valence-electron chi connectivity index (χ3n) is 9.49. The van der Waals surface area contributed by atoms with Gasteiger partial charge in [-0.3, -0.25) is 9.59 Å². The highest BCUT2D eigenvalue weighted by Gasteiger charge is 2.49. The Labute approximate surface area is 334 Å². The van der Waals surface area contributed by atoms with Crippen LogP contribution in [0.15, 0.2) is 46.2 Å². The van der Waals surface area contributed by atoms with Crippen LogP contribution in [-0.4, -0.2) is 105 Å². The summed E-state index contributed by atoms with van der Waals surface area (Å²) in [5.41, 5.74) is -0.0101. The Morgan fingerprint density at radius 3 is 1.25 bits per heavy atom. The maximum absolute atomic E-state index is 13.1. The number of likely N-dealkylation sites (tertiary alicyclic amines) is 4. The fourth-order valence-electron chi connectivity index (χ4n) is 7.10. The van der Waals surface area contributed by atoms with E-state index in [1.807, 2.05) is 41.5 Å². The van der Waals surface area contributed by atoms with Crippen molar-refractivity contribution in [3.8, 4) is 0 Å². The number of hydrogen-bond acceptors (Lipinski definition) is 7. The van der Waals surface area contributed by atoms with Crippen LogP contribution in [0.1, 0.15) is 65.5 Å². The minimum atomic E-state index is -0.581. The van der Waals surface area contributed by atoms with Crippen molar-refractivity contribution in [3.05, 3.63) is 67.6 Å². The van der Waals surface area contributed by atoms with E-state index in [0.29, 0.717) is 57.1 Å². The Balaban J connectivity index is 1.04. The van der Waals surface area contributed by atoms with Gasteiger partial charge in [0.2, 0.25) is 11.8 Å². The first-order valence-corrected chi connectivity index (χ1v) is 19.7. The van der Waals surface area contributed by atoms with Gasteiger partial charge >= 0.3 is 12.2 Å². The smallest absolute Gasteiger partial charge is 0.410 e. The molecule has 0 N–H and O–H groups in total. The number of carbonyl (C=O) groups is 4. The Morgan fingerprint density at radius 1 is 0.585 bits per heavy atom. The number of hydrogen-bond donors (Lipinski definition) is 0. The summed E-state index contributed by atoms with van der Waals surface area (Å²) in [6.45, 7) is 12.8. The van der Waals surface area contributed by atoms with Crippen LogP contribution < -0.4 is 0 Å². The van der Waals surface area contributed by atoms with Crippen molar-refractivity contribution in [2.45, 2.75) is 99.5 Å². The summed E-state index contributed by atoms with van der Waals surface area (Å²) < 4.78 is 11.0. The molecule has 2 aromatic rings. The molecule has 0 spiro atoms. The predicted molar refractivity (Wildman–Crippen MR) is 209 cm³/mol. The molecular formula is C38H42Cl4N4O6S. The number of rotatable bonds is 6. The number of fused-ring (bicyclic) bond motifs is 4.